The van der Waals surface area contributed by atoms with Crippen molar-refractivity contribution in [3.8, 4) is 0 Å². The second-order valence-electron chi connectivity index (χ2n) is 8.64. The monoisotopic (exact) mass is 373 g/mol. The van der Waals surface area contributed by atoms with E-state index in [0.29, 0.717) is 6.04 Å². The van der Waals surface area contributed by atoms with Gasteiger partial charge in [-0.2, -0.15) is 0 Å². The Hall–Kier alpha value is -2.26. The van der Waals surface area contributed by atoms with Crippen molar-refractivity contribution in [2.75, 3.05) is 7.05 Å². The summed E-state index contributed by atoms with van der Waals surface area (Å²) in [5.74, 6) is 0.227. The summed E-state index contributed by atoms with van der Waals surface area (Å²) in [6.45, 7) is 6.37. The Morgan fingerprint density at radius 2 is 1.41 bits per heavy atom. The molecule has 2 aromatic rings. The van der Waals surface area contributed by atoms with Crippen molar-refractivity contribution >= 4 is 20.0 Å². The Balaban J connectivity index is 1.74. The molecule has 0 radical (unpaired) electrons. The van der Waals surface area contributed by atoms with E-state index in [0.717, 1.165) is 6.42 Å². The number of hydrogen-bond acceptors (Lipinski definition) is 1. The minimum Gasteiger partial charge on any atom is -0.375 e. The number of hydrogen-bond donors (Lipinski definition) is 0. The SMILES string of the molecule is CN([Si](=O)CC1C=C2C(=C1)c1ccccc1Cc1ccccc12)C(C)(C)C. The Bertz CT molecular complexity index is 903. The van der Waals surface area contributed by atoms with Gasteiger partial charge < -0.3 is 9.03 Å². The van der Waals surface area contributed by atoms with Crippen molar-refractivity contribution in [2.24, 2.45) is 5.92 Å². The van der Waals surface area contributed by atoms with E-state index in [1.807, 2.05) is 11.6 Å². The Labute approximate surface area is 164 Å². The molecule has 4 rings (SSSR count). The molecule has 0 aliphatic heterocycles. The Morgan fingerprint density at radius 3 is 1.89 bits per heavy atom. The van der Waals surface area contributed by atoms with E-state index < -0.39 is 8.84 Å². The van der Waals surface area contributed by atoms with Crippen molar-refractivity contribution in [1.29, 1.82) is 0 Å². The number of allylic oxidation sites excluding steroid dienone is 4. The van der Waals surface area contributed by atoms with Crippen LogP contribution in [-0.4, -0.2) is 26.0 Å². The molecule has 0 N–H and O–H groups in total. The van der Waals surface area contributed by atoms with Crippen molar-refractivity contribution in [3.05, 3.63) is 82.9 Å². The summed E-state index contributed by atoms with van der Waals surface area (Å²) in [5.41, 5.74) is 7.96. The van der Waals surface area contributed by atoms with Crippen LogP contribution in [0.25, 0.3) is 11.1 Å². The average Bonchev–Trinajstić information content (AvgIpc) is 2.99. The third kappa shape index (κ3) is 3.36. The fraction of sp³-hybridized carbons (Fsp3) is 0.333. The van der Waals surface area contributed by atoms with Gasteiger partial charge in [-0.25, -0.2) is 0 Å². The fourth-order valence-corrected chi connectivity index (χ4v) is 5.70. The van der Waals surface area contributed by atoms with Crippen LogP contribution in [0.1, 0.15) is 43.0 Å². The first-order valence-corrected chi connectivity index (χ1v) is 11.3. The summed E-state index contributed by atoms with van der Waals surface area (Å²) in [4.78, 5) is 0. The van der Waals surface area contributed by atoms with Crippen LogP contribution in [0, 0.1) is 5.92 Å². The van der Waals surface area contributed by atoms with Crippen LogP contribution in [0.2, 0.25) is 6.04 Å². The van der Waals surface area contributed by atoms with E-state index in [4.69, 9.17) is 0 Å². The minimum atomic E-state index is -1.82. The van der Waals surface area contributed by atoms with Crippen LogP contribution in [0.3, 0.4) is 0 Å². The molecule has 2 aromatic carbocycles. The molecule has 0 saturated heterocycles. The van der Waals surface area contributed by atoms with E-state index in [1.165, 1.54) is 33.4 Å². The quantitative estimate of drug-likeness (QED) is 0.677. The highest BCUT2D eigenvalue weighted by atomic mass is 28.3. The molecule has 0 atom stereocenters. The third-order valence-electron chi connectivity index (χ3n) is 5.84. The Morgan fingerprint density at radius 1 is 0.926 bits per heavy atom. The van der Waals surface area contributed by atoms with E-state index in [-0.39, 0.29) is 11.5 Å². The number of rotatable bonds is 3. The summed E-state index contributed by atoms with van der Waals surface area (Å²) in [7, 11) is 0.167. The van der Waals surface area contributed by atoms with Gasteiger partial charge in [-0.15, -0.1) is 0 Å². The molecule has 0 aromatic heterocycles. The van der Waals surface area contributed by atoms with Crippen molar-refractivity contribution < 1.29 is 4.46 Å². The van der Waals surface area contributed by atoms with Crippen molar-refractivity contribution in [1.82, 2.24) is 4.57 Å². The molecule has 0 fully saturated rings. The lowest BCUT2D eigenvalue weighted by Crippen LogP contribution is -2.44. The summed E-state index contributed by atoms with van der Waals surface area (Å²) >= 11 is 0. The molecule has 138 valence electrons. The molecular weight excluding hydrogens is 346 g/mol. The van der Waals surface area contributed by atoms with Gasteiger partial charge in [0, 0.05) is 24.5 Å². The number of nitrogens with zero attached hydrogens (tertiary/aromatic N) is 1. The highest BCUT2D eigenvalue weighted by molar-refractivity contribution is 6.39. The average molecular weight is 374 g/mol. The molecule has 2 aliphatic rings. The summed E-state index contributed by atoms with van der Waals surface area (Å²) in [5, 5.41) is 0. The largest absolute Gasteiger partial charge is 0.395 e. The van der Waals surface area contributed by atoms with Gasteiger partial charge in [0.25, 0.3) is 0 Å². The van der Waals surface area contributed by atoms with E-state index in [1.54, 1.807) is 0 Å². The molecule has 2 nitrogen and oxygen atoms in total. The van der Waals surface area contributed by atoms with Gasteiger partial charge in [-0.05, 0) is 60.6 Å². The molecule has 0 spiro atoms. The maximum Gasteiger partial charge on any atom is 0.395 e. The zero-order valence-corrected chi connectivity index (χ0v) is 17.6. The summed E-state index contributed by atoms with van der Waals surface area (Å²) < 4.78 is 15.0. The lowest BCUT2D eigenvalue weighted by molar-refractivity contribution is 0.272. The Kier molecular flexibility index (Phi) is 4.51. The number of benzene rings is 2. The smallest absolute Gasteiger partial charge is 0.375 e. The van der Waals surface area contributed by atoms with Gasteiger partial charge in [-0.3, -0.25) is 0 Å². The first kappa shape index (κ1) is 18.1. The van der Waals surface area contributed by atoms with Gasteiger partial charge in [0.1, 0.15) is 0 Å². The van der Waals surface area contributed by atoms with Gasteiger partial charge in [0.15, 0.2) is 0 Å². The van der Waals surface area contributed by atoms with Gasteiger partial charge in [0.05, 0.1) is 0 Å². The third-order valence-corrected chi connectivity index (χ3v) is 8.08. The first-order chi connectivity index (χ1) is 12.8. The van der Waals surface area contributed by atoms with Crippen molar-refractivity contribution in [3.63, 3.8) is 0 Å². The van der Waals surface area contributed by atoms with Gasteiger partial charge in [0.2, 0.25) is 0 Å². The predicted octanol–water partition coefficient (Wildman–Crippen LogP) is 5.34. The van der Waals surface area contributed by atoms with Crippen LogP contribution in [0.15, 0.2) is 60.7 Å². The second kappa shape index (κ2) is 6.72. The number of fused-ring (bicyclic) bond motifs is 5. The lowest BCUT2D eigenvalue weighted by atomic mass is 9.95. The topological polar surface area (TPSA) is 20.3 Å². The van der Waals surface area contributed by atoms with Crippen LogP contribution >= 0.6 is 0 Å². The molecule has 0 heterocycles. The maximum absolute atomic E-state index is 13.0. The molecule has 0 amide bonds. The lowest BCUT2D eigenvalue weighted by Gasteiger charge is -2.32. The maximum atomic E-state index is 13.0. The molecular formula is C24H27NOSi. The molecule has 0 bridgehead atoms. The normalized spacial score (nSPS) is 15.9. The van der Waals surface area contributed by atoms with Crippen LogP contribution in [-0.2, 0) is 10.9 Å². The zero-order chi connectivity index (χ0) is 19.2. The molecule has 0 unspecified atom stereocenters. The van der Waals surface area contributed by atoms with Crippen LogP contribution in [0.5, 0.6) is 0 Å². The van der Waals surface area contributed by atoms with Gasteiger partial charge >= 0.3 is 8.84 Å². The first-order valence-electron chi connectivity index (χ1n) is 9.72. The van der Waals surface area contributed by atoms with E-state index in [2.05, 4.69) is 81.5 Å². The van der Waals surface area contributed by atoms with Gasteiger partial charge in [-0.1, -0.05) is 60.7 Å². The predicted molar refractivity (Wildman–Crippen MR) is 114 cm³/mol. The molecule has 27 heavy (non-hydrogen) atoms. The van der Waals surface area contributed by atoms with E-state index >= 15 is 0 Å². The van der Waals surface area contributed by atoms with Crippen LogP contribution < -0.4 is 0 Å². The fourth-order valence-electron chi connectivity index (χ4n) is 4.04. The second-order valence-corrected chi connectivity index (χ2v) is 10.5. The summed E-state index contributed by atoms with van der Waals surface area (Å²) in [6, 6.07) is 18.1. The molecule has 3 heteroatoms. The summed E-state index contributed by atoms with van der Waals surface area (Å²) in [6.07, 6.45) is 5.65. The zero-order valence-electron chi connectivity index (χ0n) is 16.6. The molecule has 0 saturated carbocycles. The van der Waals surface area contributed by atoms with Crippen LogP contribution in [0.4, 0.5) is 0 Å². The highest BCUT2D eigenvalue weighted by Crippen LogP contribution is 2.44. The standard InChI is InChI=1S/C24H27NOSi/c1-24(2,3)25(4)27(26)16-17-13-22-20-11-7-5-9-18(20)15-19-10-6-8-12-21(19)23(22)14-17/h5-14,17H,15-16H2,1-4H3. The van der Waals surface area contributed by atoms with E-state index in [9.17, 15) is 4.46 Å². The minimum absolute atomic E-state index is 0.0711. The highest BCUT2D eigenvalue weighted by Gasteiger charge is 2.30. The molecule has 2 aliphatic carbocycles. The van der Waals surface area contributed by atoms with Crippen molar-refractivity contribution in [2.45, 2.75) is 38.8 Å².